The topological polar surface area (TPSA) is 61.4 Å². The van der Waals surface area contributed by atoms with Crippen LogP contribution in [0.25, 0.3) is 10.2 Å². The minimum atomic E-state index is -0.0747. The number of rotatable bonds is 5. The zero-order valence-corrected chi connectivity index (χ0v) is 16.3. The Morgan fingerprint density at radius 1 is 1.12 bits per heavy atom. The molecule has 4 rings (SSSR count). The number of carbonyl (C=O) groups excluding carboxylic acids is 1. The van der Waals surface area contributed by atoms with E-state index in [-0.39, 0.29) is 5.91 Å². The van der Waals surface area contributed by atoms with Crippen LogP contribution in [0.4, 0.5) is 5.13 Å². The average Bonchev–Trinajstić information content (AvgIpc) is 3.22. The molecule has 0 saturated carbocycles. The van der Waals surface area contributed by atoms with Gasteiger partial charge in [0.1, 0.15) is 5.01 Å². The van der Waals surface area contributed by atoms with Gasteiger partial charge in [0, 0.05) is 45.0 Å². The van der Waals surface area contributed by atoms with E-state index >= 15 is 0 Å². The van der Waals surface area contributed by atoms with Crippen molar-refractivity contribution in [2.75, 3.05) is 31.5 Å². The summed E-state index contributed by atoms with van der Waals surface area (Å²) in [6.07, 6.45) is 0. The molecule has 0 spiro atoms. The number of nitrogens with zero attached hydrogens (tertiary/aromatic N) is 4. The Bertz CT molecular complexity index is 865. The number of hydrogen-bond donors (Lipinski definition) is 1. The lowest BCUT2D eigenvalue weighted by Gasteiger charge is -2.33. The lowest BCUT2D eigenvalue weighted by Crippen LogP contribution is -2.45. The van der Waals surface area contributed by atoms with Gasteiger partial charge in [-0.1, -0.05) is 12.1 Å². The van der Waals surface area contributed by atoms with Crippen LogP contribution >= 0.6 is 22.7 Å². The number of thiazole rings is 2. The van der Waals surface area contributed by atoms with Gasteiger partial charge in [0.05, 0.1) is 22.5 Å². The largest absolute Gasteiger partial charge is 0.302 e. The van der Waals surface area contributed by atoms with Crippen LogP contribution in [0.3, 0.4) is 0 Å². The molecular weight excluding hydrogens is 366 g/mol. The molecule has 0 radical (unpaired) electrons. The second kappa shape index (κ2) is 7.79. The summed E-state index contributed by atoms with van der Waals surface area (Å²) in [7, 11) is 0. The van der Waals surface area contributed by atoms with Gasteiger partial charge in [-0.15, -0.1) is 22.7 Å². The predicted octanol–water partition coefficient (Wildman–Crippen LogP) is 3.03. The molecule has 1 fully saturated rings. The number of piperazine rings is 1. The Hall–Kier alpha value is -1.87. The molecular formula is C18H21N5OS2. The first kappa shape index (κ1) is 17.5. The van der Waals surface area contributed by atoms with Crippen LogP contribution in [0.5, 0.6) is 0 Å². The van der Waals surface area contributed by atoms with Gasteiger partial charge in [-0.2, -0.15) is 0 Å². The van der Waals surface area contributed by atoms with Crippen molar-refractivity contribution >= 4 is 43.9 Å². The van der Waals surface area contributed by atoms with Crippen molar-refractivity contribution in [1.82, 2.24) is 19.8 Å². The fraction of sp³-hybridized carbons (Fsp3) is 0.389. The van der Waals surface area contributed by atoms with Crippen molar-refractivity contribution < 1.29 is 4.79 Å². The quantitative estimate of drug-likeness (QED) is 0.729. The number of carbonyl (C=O) groups is 1. The Labute approximate surface area is 160 Å². The fourth-order valence-electron chi connectivity index (χ4n) is 3.10. The summed E-state index contributed by atoms with van der Waals surface area (Å²) in [6, 6.07) is 8.33. The van der Waals surface area contributed by atoms with E-state index in [2.05, 4.69) is 38.3 Å². The van der Waals surface area contributed by atoms with Crippen molar-refractivity contribution in [3.05, 3.63) is 40.3 Å². The number of para-hydroxylation sites is 1. The second-order valence-corrected chi connectivity index (χ2v) is 8.43. The maximum Gasteiger partial charge on any atom is 0.223 e. The number of anilines is 1. The van der Waals surface area contributed by atoms with Gasteiger partial charge in [0.2, 0.25) is 5.91 Å². The van der Waals surface area contributed by atoms with Gasteiger partial charge in [0.25, 0.3) is 0 Å². The molecule has 1 aromatic carbocycles. The number of hydrogen-bond acceptors (Lipinski definition) is 7. The third-order valence-electron chi connectivity index (χ3n) is 4.38. The zero-order chi connectivity index (χ0) is 17.9. The molecule has 0 bridgehead atoms. The van der Waals surface area contributed by atoms with Gasteiger partial charge in [-0.3, -0.25) is 14.6 Å². The molecule has 1 saturated heterocycles. The van der Waals surface area contributed by atoms with Crippen molar-refractivity contribution in [3.8, 4) is 0 Å². The highest BCUT2D eigenvalue weighted by molar-refractivity contribution is 7.18. The van der Waals surface area contributed by atoms with Crippen molar-refractivity contribution in [2.24, 2.45) is 0 Å². The summed E-state index contributed by atoms with van der Waals surface area (Å²) in [6.45, 7) is 7.40. The minimum Gasteiger partial charge on any atom is -0.302 e. The molecule has 136 valence electrons. The summed E-state index contributed by atoms with van der Waals surface area (Å²) in [5.74, 6) is -0.0747. The number of nitrogens with one attached hydrogen (secondary N) is 1. The molecule has 1 N–H and O–H groups in total. The van der Waals surface area contributed by atoms with Gasteiger partial charge in [-0.25, -0.2) is 9.97 Å². The van der Waals surface area contributed by atoms with Gasteiger partial charge in [-0.05, 0) is 12.1 Å². The normalized spacial score (nSPS) is 16.2. The third kappa shape index (κ3) is 4.27. The van der Waals surface area contributed by atoms with Gasteiger partial charge in [0.15, 0.2) is 5.13 Å². The first-order valence-electron chi connectivity index (χ1n) is 8.67. The Balaban J connectivity index is 1.28. The molecule has 3 aromatic rings. The standard InChI is InChI=1S/C18H21N5OS2/c1-13(24)19-18-20-14(12-25-18)10-22-6-8-23(9-7-22)11-17-21-15-4-2-3-5-16(15)26-17/h2-5,12H,6-11H2,1H3,(H,19,20,24). The van der Waals surface area contributed by atoms with E-state index in [0.717, 1.165) is 50.5 Å². The van der Waals surface area contributed by atoms with Crippen LogP contribution in [0, 0.1) is 0 Å². The highest BCUT2D eigenvalue weighted by Gasteiger charge is 2.19. The molecule has 8 heteroatoms. The van der Waals surface area contributed by atoms with Crippen molar-refractivity contribution in [3.63, 3.8) is 0 Å². The molecule has 1 aliphatic heterocycles. The van der Waals surface area contributed by atoms with Crippen molar-refractivity contribution in [1.29, 1.82) is 0 Å². The first-order chi connectivity index (χ1) is 12.7. The minimum absolute atomic E-state index is 0.0747. The van der Waals surface area contributed by atoms with Crippen LogP contribution < -0.4 is 5.32 Å². The summed E-state index contributed by atoms with van der Waals surface area (Å²) in [5, 5.41) is 6.65. The molecule has 0 atom stereocenters. The maximum absolute atomic E-state index is 11.1. The molecule has 0 unspecified atom stereocenters. The molecule has 2 aromatic heterocycles. The van der Waals surface area contributed by atoms with E-state index in [1.54, 1.807) is 11.3 Å². The number of aromatic nitrogens is 2. The summed E-state index contributed by atoms with van der Waals surface area (Å²) >= 11 is 3.28. The average molecular weight is 388 g/mol. The van der Waals surface area contributed by atoms with Crippen LogP contribution in [-0.4, -0.2) is 51.9 Å². The number of fused-ring (bicyclic) bond motifs is 1. The number of amides is 1. The van der Waals surface area contributed by atoms with E-state index in [9.17, 15) is 4.79 Å². The summed E-state index contributed by atoms with van der Waals surface area (Å²) in [4.78, 5) is 25.2. The predicted molar refractivity (Wildman–Crippen MR) is 107 cm³/mol. The van der Waals surface area contributed by atoms with Crippen LogP contribution in [0.2, 0.25) is 0 Å². The monoisotopic (exact) mass is 387 g/mol. The smallest absolute Gasteiger partial charge is 0.223 e. The van der Waals surface area contributed by atoms with E-state index in [4.69, 9.17) is 4.98 Å². The van der Waals surface area contributed by atoms with E-state index in [0.29, 0.717) is 5.13 Å². The second-order valence-electron chi connectivity index (χ2n) is 6.45. The lowest BCUT2D eigenvalue weighted by atomic mass is 10.3. The van der Waals surface area contributed by atoms with E-state index in [1.165, 1.54) is 28.0 Å². The molecule has 26 heavy (non-hydrogen) atoms. The van der Waals surface area contributed by atoms with Crippen LogP contribution in [0.1, 0.15) is 17.6 Å². The molecule has 0 aliphatic carbocycles. The molecule has 1 amide bonds. The molecule has 1 aliphatic rings. The summed E-state index contributed by atoms with van der Waals surface area (Å²) < 4.78 is 1.26. The highest BCUT2D eigenvalue weighted by Crippen LogP contribution is 2.23. The SMILES string of the molecule is CC(=O)Nc1nc(CN2CCN(Cc3nc4ccccc4s3)CC2)cs1. The van der Waals surface area contributed by atoms with E-state index < -0.39 is 0 Å². The zero-order valence-electron chi connectivity index (χ0n) is 14.6. The van der Waals surface area contributed by atoms with Gasteiger partial charge >= 0.3 is 0 Å². The highest BCUT2D eigenvalue weighted by atomic mass is 32.1. The Morgan fingerprint density at radius 2 is 1.85 bits per heavy atom. The first-order valence-corrected chi connectivity index (χ1v) is 10.4. The molecule has 3 heterocycles. The van der Waals surface area contributed by atoms with E-state index in [1.807, 2.05) is 11.4 Å². The molecule has 6 nitrogen and oxygen atoms in total. The van der Waals surface area contributed by atoms with Crippen LogP contribution in [-0.2, 0) is 17.9 Å². The third-order valence-corrected chi connectivity index (χ3v) is 6.21. The van der Waals surface area contributed by atoms with Crippen LogP contribution in [0.15, 0.2) is 29.6 Å². The fourth-order valence-corrected chi connectivity index (χ4v) is 4.86. The lowest BCUT2D eigenvalue weighted by molar-refractivity contribution is -0.114. The van der Waals surface area contributed by atoms with Crippen molar-refractivity contribution in [2.45, 2.75) is 20.0 Å². The summed E-state index contributed by atoms with van der Waals surface area (Å²) in [5.41, 5.74) is 2.13. The Kier molecular flexibility index (Phi) is 5.26. The van der Waals surface area contributed by atoms with Gasteiger partial charge < -0.3 is 5.32 Å². The Morgan fingerprint density at radius 3 is 2.58 bits per heavy atom. The maximum atomic E-state index is 11.1. The number of benzene rings is 1.